The fourth-order valence-electron chi connectivity index (χ4n) is 1.79. The second-order valence-electron chi connectivity index (χ2n) is 4.73. The molecule has 5 nitrogen and oxygen atoms in total. The van der Waals surface area contributed by atoms with Crippen LogP contribution in [0.2, 0.25) is 0 Å². The van der Waals surface area contributed by atoms with Gasteiger partial charge in [0.1, 0.15) is 0 Å². The van der Waals surface area contributed by atoms with Gasteiger partial charge in [-0.25, -0.2) is 0 Å². The first kappa shape index (κ1) is 22.1. The summed E-state index contributed by atoms with van der Waals surface area (Å²) in [5.41, 5.74) is 0. The maximum atomic E-state index is 5.05. The molecule has 2 N–H and O–H groups in total. The van der Waals surface area contributed by atoms with Crippen molar-refractivity contribution >= 4 is 57.2 Å². The first-order chi connectivity index (χ1) is 10.2. The standard InChI is InChI=1S/C14H25BrN4OS.HI/c1-16-14(18-10-13-9-12(15)11-21-13)17-5-7-19(2)6-4-8-20-3;/h9,11H,4-8,10H2,1-3H3,(H2,16,17,18);1H. The largest absolute Gasteiger partial charge is 0.385 e. The van der Waals surface area contributed by atoms with Gasteiger partial charge in [-0.3, -0.25) is 4.99 Å². The van der Waals surface area contributed by atoms with Gasteiger partial charge in [-0.2, -0.15) is 0 Å². The SMILES string of the molecule is CN=C(NCCN(C)CCCOC)NCc1cc(Br)cs1.I. The molecule has 0 atom stereocenters. The summed E-state index contributed by atoms with van der Waals surface area (Å²) in [6.45, 7) is 4.51. The zero-order chi connectivity index (χ0) is 15.5. The van der Waals surface area contributed by atoms with E-state index in [1.54, 1.807) is 25.5 Å². The number of hydrogen-bond donors (Lipinski definition) is 2. The van der Waals surface area contributed by atoms with Gasteiger partial charge in [0.05, 0.1) is 6.54 Å². The highest BCUT2D eigenvalue weighted by atomic mass is 127. The first-order valence-corrected chi connectivity index (χ1v) is 8.68. The van der Waals surface area contributed by atoms with Gasteiger partial charge in [0.25, 0.3) is 0 Å². The fraction of sp³-hybridized carbons (Fsp3) is 0.643. The van der Waals surface area contributed by atoms with Crippen molar-refractivity contribution < 1.29 is 4.74 Å². The Morgan fingerprint density at radius 3 is 2.77 bits per heavy atom. The van der Waals surface area contributed by atoms with Crippen molar-refractivity contribution in [1.82, 2.24) is 15.5 Å². The van der Waals surface area contributed by atoms with Crippen molar-refractivity contribution in [3.63, 3.8) is 0 Å². The Hall–Kier alpha value is 0.1000. The molecule has 0 saturated carbocycles. The van der Waals surface area contributed by atoms with Crippen molar-refractivity contribution in [2.45, 2.75) is 13.0 Å². The van der Waals surface area contributed by atoms with E-state index in [2.05, 4.69) is 54.9 Å². The molecule has 0 aromatic carbocycles. The predicted molar refractivity (Wildman–Crippen MR) is 110 cm³/mol. The van der Waals surface area contributed by atoms with Crippen molar-refractivity contribution in [2.75, 3.05) is 47.4 Å². The van der Waals surface area contributed by atoms with Gasteiger partial charge in [-0.05, 0) is 35.5 Å². The van der Waals surface area contributed by atoms with Crippen LogP contribution in [0.15, 0.2) is 20.9 Å². The second kappa shape index (κ2) is 13.5. The molecule has 0 radical (unpaired) electrons. The number of nitrogens with zero attached hydrogens (tertiary/aromatic N) is 2. The van der Waals surface area contributed by atoms with Crippen LogP contribution >= 0.6 is 51.2 Å². The average molecular weight is 505 g/mol. The molecule has 0 aliphatic heterocycles. The molecular formula is C14H26BrIN4OS. The molecule has 22 heavy (non-hydrogen) atoms. The van der Waals surface area contributed by atoms with Gasteiger partial charge >= 0.3 is 0 Å². The van der Waals surface area contributed by atoms with Crippen LogP contribution in [0.1, 0.15) is 11.3 Å². The zero-order valence-corrected chi connectivity index (χ0v) is 18.1. The lowest BCUT2D eigenvalue weighted by Gasteiger charge is -2.18. The Morgan fingerprint density at radius 2 is 2.18 bits per heavy atom. The maximum Gasteiger partial charge on any atom is 0.191 e. The van der Waals surface area contributed by atoms with E-state index in [9.17, 15) is 0 Å². The van der Waals surface area contributed by atoms with Crippen LogP contribution in [-0.2, 0) is 11.3 Å². The molecule has 0 aliphatic carbocycles. The number of thiophene rings is 1. The highest BCUT2D eigenvalue weighted by Gasteiger charge is 2.02. The van der Waals surface area contributed by atoms with Gasteiger partial charge in [-0.1, -0.05) is 0 Å². The lowest BCUT2D eigenvalue weighted by molar-refractivity contribution is 0.180. The van der Waals surface area contributed by atoms with Gasteiger partial charge in [0, 0.05) is 55.1 Å². The Bertz CT molecular complexity index is 431. The van der Waals surface area contributed by atoms with Crippen molar-refractivity contribution in [3.05, 3.63) is 20.8 Å². The maximum absolute atomic E-state index is 5.05. The Kier molecular flexibility index (Phi) is 13.6. The Morgan fingerprint density at radius 1 is 1.41 bits per heavy atom. The lowest BCUT2D eigenvalue weighted by atomic mass is 10.4. The molecule has 1 heterocycles. The van der Waals surface area contributed by atoms with E-state index in [-0.39, 0.29) is 24.0 Å². The van der Waals surface area contributed by atoms with Gasteiger partial charge < -0.3 is 20.3 Å². The third-order valence-corrected chi connectivity index (χ3v) is 4.65. The summed E-state index contributed by atoms with van der Waals surface area (Å²) in [7, 11) is 5.65. The summed E-state index contributed by atoms with van der Waals surface area (Å²) in [6, 6.07) is 2.12. The minimum absolute atomic E-state index is 0. The predicted octanol–water partition coefficient (Wildman–Crippen LogP) is 2.76. The summed E-state index contributed by atoms with van der Waals surface area (Å²) in [4.78, 5) is 7.80. The first-order valence-electron chi connectivity index (χ1n) is 7.00. The van der Waals surface area contributed by atoms with Crippen LogP contribution in [0.4, 0.5) is 0 Å². The van der Waals surface area contributed by atoms with Crippen LogP contribution in [0.5, 0.6) is 0 Å². The molecule has 128 valence electrons. The van der Waals surface area contributed by atoms with E-state index in [0.717, 1.165) is 49.6 Å². The van der Waals surface area contributed by atoms with E-state index in [1.807, 2.05) is 0 Å². The minimum atomic E-state index is 0. The lowest BCUT2D eigenvalue weighted by Crippen LogP contribution is -2.40. The van der Waals surface area contributed by atoms with Crippen LogP contribution < -0.4 is 10.6 Å². The number of aliphatic imine (C=N–C) groups is 1. The number of hydrogen-bond acceptors (Lipinski definition) is 4. The van der Waals surface area contributed by atoms with Crippen molar-refractivity contribution in [1.29, 1.82) is 0 Å². The molecule has 0 spiro atoms. The molecule has 8 heteroatoms. The number of methoxy groups -OCH3 is 1. The monoisotopic (exact) mass is 504 g/mol. The number of ether oxygens (including phenoxy) is 1. The molecule has 1 aromatic heterocycles. The van der Waals surface area contributed by atoms with E-state index in [4.69, 9.17) is 4.74 Å². The van der Waals surface area contributed by atoms with Crippen LogP contribution in [-0.4, -0.2) is 58.3 Å². The summed E-state index contributed by atoms with van der Waals surface area (Å²) < 4.78 is 6.18. The average Bonchev–Trinajstić information content (AvgIpc) is 2.88. The summed E-state index contributed by atoms with van der Waals surface area (Å²) >= 11 is 5.19. The summed E-state index contributed by atoms with van der Waals surface area (Å²) in [6.07, 6.45) is 1.06. The molecule has 1 rings (SSSR count). The normalized spacial score (nSPS) is 11.4. The minimum Gasteiger partial charge on any atom is -0.385 e. The van der Waals surface area contributed by atoms with Crippen molar-refractivity contribution in [2.24, 2.45) is 4.99 Å². The summed E-state index contributed by atoms with van der Waals surface area (Å²) in [5, 5.41) is 8.73. The number of likely N-dealkylation sites (N-methyl/N-ethyl adjacent to an activating group) is 1. The highest BCUT2D eigenvalue weighted by molar-refractivity contribution is 14.0. The topological polar surface area (TPSA) is 48.9 Å². The quantitative estimate of drug-likeness (QED) is 0.235. The number of nitrogens with one attached hydrogen (secondary N) is 2. The zero-order valence-electron chi connectivity index (χ0n) is 13.4. The second-order valence-corrected chi connectivity index (χ2v) is 6.64. The number of guanidine groups is 1. The molecule has 0 bridgehead atoms. The third-order valence-electron chi connectivity index (χ3n) is 2.95. The molecule has 0 saturated heterocycles. The Labute approximate surface area is 163 Å². The molecule has 0 aliphatic rings. The van der Waals surface area contributed by atoms with Crippen LogP contribution in [0.25, 0.3) is 0 Å². The van der Waals surface area contributed by atoms with Crippen molar-refractivity contribution in [3.8, 4) is 0 Å². The smallest absolute Gasteiger partial charge is 0.191 e. The fourth-order valence-corrected chi connectivity index (χ4v) is 3.18. The van der Waals surface area contributed by atoms with Crippen LogP contribution in [0.3, 0.4) is 0 Å². The van der Waals surface area contributed by atoms with Crippen LogP contribution in [0, 0.1) is 0 Å². The molecular weight excluding hydrogens is 479 g/mol. The molecule has 1 aromatic rings. The van der Waals surface area contributed by atoms with Gasteiger partial charge in [0.2, 0.25) is 0 Å². The van der Waals surface area contributed by atoms with Gasteiger partial charge in [0.15, 0.2) is 5.96 Å². The summed E-state index contributed by atoms with van der Waals surface area (Å²) in [5.74, 6) is 0.838. The highest BCUT2D eigenvalue weighted by Crippen LogP contribution is 2.19. The Balaban J connectivity index is 0.00000441. The number of halogens is 2. The molecule has 0 amide bonds. The molecule has 0 unspecified atom stereocenters. The third kappa shape index (κ3) is 9.98. The van der Waals surface area contributed by atoms with Gasteiger partial charge in [-0.15, -0.1) is 35.3 Å². The van der Waals surface area contributed by atoms with E-state index >= 15 is 0 Å². The van der Waals surface area contributed by atoms with E-state index in [0.29, 0.717) is 0 Å². The number of rotatable bonds is 9. The van der Waals surface area contributed by atoms with E-state index in [1.165, 1.54) is 4.88 Å². The van der Waals surface area contributed by atoms with E-state index < -0.39 is 0 Å². The molecule has 0 fully saturated rings.